The van der Waals surface area contributed by atoms with Gasteiger partial charge in [0.15, 0.2) is 0 Å². The molecule has 0 spiro atoms. The standard InChI is InChI=1S/C26H31ClN4O2S/c1-17(16-26(2,3)4)14-22(32)28-21(15-18-8-6-5-7-9-18)23(33)29-25-31-30-24(34-25)19-10-12-20(27)13-11-19/h5-13,17,21H,14-16H2,1-4H3,(H,28,32)(H,29,31,33)/t17-,21-/m1/s1. The molecule has 2 atom stereocenters. The minimum absolute atomic E-state index is 0.132. The first kappa shape index (κ1) is 25.8. The topological polar surface area (TPSA) is 84.0 Å². The van der Waals surface area contributed by atoms with Gasteiger partial charge in [0.25, 0.3) is 0 Å². The van der Waals surface area contributed by atoms with E-state index in [0.717, 1.165) is 17.5 Å². The Balaban J connectivity index is 1.69. The average Bonchev–Trinajstić information content (AvgIpc) is 3.21. The summed E-state index contributed by atoms with van der Waals surface area (Å²) < 4.78 is 0. The predicted molar refractivity (Wildman–Crippen MR) is 139 cm³/mol. The molecule has 8 heteroatoms. The number of rotatable bonds is 9. The molecule has 6 nitrogen and oxygen atoms in total. The largest absolute Gasteiger partial charge is 0.344 e. The molecule has 2 N–H and O–H groups in total. The van der Waals surface area contributed by atoms with E-state index in [-0.39, 0.29) is 23.1 Å². The first-order chi connectivity index (χ1) is 16.1. The Hall–Kier alpha value is -2.77. The number of nitrogens with one attached hydrogen (secondary N) is 2. The zero-order chi connectivity index (χ0) is 24.7. The molecule has 3 aromatic rings. The molecule has 0 radical (unpaired) electrons. The molecule has 0 aliphatic carbocycles. The molecule has 2 amide bonds. The lowest BCUT2D eigenvalue weighted by Gasteiger charge is -2.24. The van der Waals surface area contributed by atoms with E-state index < -0.39 is 6.04 Å². The summed E-state index contributed by atoms with van der Waals surface area (Å²) in [5.74, 6) is -0.239. The van der Waals surface area contributed by atoms with Crippen molar-refractivity contribution in [1.29, 1.82) is 0 Å². The van der Waals surface area contributed by atoms with Gasteiger partial charge in [-0.3, -0.25) is 14.9 Å². The Morgan fingerprint density at radius 1 is 1.03 bits per heavy atom. The van der Waals surface area contributed by atoms with Gasteiger partial charge in [0.2, 0.25) is 16.9 Å². The van der Waals surface area contributed by atoms with Crippen molar-refractivity contribution < 1.29 is 9.59 Å². The fourth-order valence-electron chi connectivity index (χ4n) is 3.92. The van der Waals surface area contributed by atoms with Crippen LogP contribution in [-0.2, 0) is 16.0 Å². The molecule has 3 rings (SSSR count). The number of nitrogens with zero attached hydrogens (tertiary/aromatic N) is 2. The van der Waals surface area contributed by atoms with Gasteiger partial charge < -0.3 is 5.32 Å². The Labute approximate surface area is 210 Å². The van der Waals surface area contributed by atoms with Crippen LogP contribution in [0.3, 0.4) is 0 Å². The van der Waals surface area contributed by atoms with Crippen LogP contribution in [-0.4, -0.2) is 28.1 Å². The maximum Gasteiger partial charge on any atom is 0.249 e. The number of anilines is 1. The summed E-state index contributed by atoms with van der Waals surface area (Å²) in [5.41, 5.74) is 1.97. The number of hydrogen-bond acceptors (Lipinski definition) is 5. The Morgan fingerprint density at radius 3 is 2.35 bits per heavy atom. The second-order valence-electron chi connectivity index (χ2n) is 9.79. The normalized spacial score (nSPS) is 13.2. The third kappa shape index (κ3) is 8.22. The van der Waals surface area contributed by atoms with Crippen LogP contribution in [0.5, 0.6) is 0 Å². The molecule has 0 aliphatic rings. The average molecular weight is 499 g/mol. The lowest BCUT2D eigenvalue weighted by molar-refractivity contribution is -0.127. The van der Waals surface area contributed by atoms with E-state index in [4.69, 9.17) is 11.6 Å². The minimum atomic E-state index is -0.723. The zero-order valence-corrected chi connectivity index (χ0v) is 21.5. The number of carbonyl (C=O) groups excluding carboxylic acids is 2. The van der Waals surface area contributed by atoms with Crippen LogP contribution in [0, 0.1) is 11.3 Å². The molecule has 0 bridgehead atoms. The van der Waals surface area contributed by atoms with Crippen molar-refractivity contribution in [3.05, 3.63) is 65.2 Å². The molecule has 0 saturated carbocycles. The van der Waals surface area contributed by atoms with Crippen LogP contribution in [0.15, 0.2) is 54.6 Å². The monoisotopic (exact) mass is 498 g/mol. The number of aromatic nitrogens is 2. The van der Waals surface area contributed by atoms with Gasteiger partial charge in [-0.05, 0) is 35.4 Å². The van der Waals surface area contributed by atoms with Gasteiger partial charge in [0.1, 0.15) is 11.0 Å². The van der Waals surface area contributed by atoms with E-state index in [1.165, 1.54) is 11.3 Å². The fourth-order valence-corrected chi connectivity index (χ4v) is 4.80. The molecule has 0 aliphatic heterocycles. The number of amides is 2. The Kier molecular flexibility index (Phi) is 8.80. The van der Waals surface area contributed by atoms with Crippen molar-refractivity contribution in [3.8, 4) is 10.6 Å². The van der Waals surface area contributed by atoms with Crippen LogP contribution in [0.25, 0.3) is 10.6 Å². The van der Waals surface area contributed by atoms with E-state index in [1.54, 1.807) is 12.1 Å². The van der Waals surface area contributed by atoms with E-state index in [0.29, 0.717) is 28.0 Å². The lowest BCUT2D eigenvalue weighted by atomic mass is 9.84. The smallest absolute Gasteiger partial charge is 0.249 e. The van der Waals surface area contributed by atoms with Crippen molar-refractivity contribution >= 4 is 39.9 Å². The van der Waals surface area contributed by atoms with E-state index in [1.807, 2.05) is 42.5 Å². The first-order valence-electron chi connectivity index (χ1n) is 11.3. The second-order valence-corrected chi connectivity index (χ2v) is 11.2. The number of carbonyl (C=O) groups is 2. The zero-order valence-electron chi connectivity index (χ0n) is 20.0. The summed E-state index contributed by atoms with van der Waals surface area (Å²) in [6.45, 7) is 8.55. The molecule has 1 aromatic heterocycles. The van der Waals surface area contributed by atoms with Gasteiger partial charge in [-0.1, -0.05) is 93.1 Å². The summed E-state index contributed by atoms with van der Waals surface area (Å²) in [6.07, 6.45) is 1.68. The summed E-state index contributed by atoms with van der Waals surface area (Å²) in [5, 5.41) is 15.7. The Morgan fingerprint density at radius 2 is 1.71 bits per heavy atom. The predicted octanol–water partition coefficient (Wildman–Crippen LogP) is 5.99. The maximum absolute atomic E-state index is 13.2. The van der Waals surface area contributed by atoms with Crippen LogP contribution in [0.1, 0.15) is 46.1 Å². The van der Waals surface area contributed by atoms with Gasteiger partial charge >= 0.3 is 0 Å². The molecular weight excluding hydrogens is 468 g/mol. The van der Waals surface area contributed by atoms with Crippen molar-refractivity contribution in [1.82, 2.24) is 15.5 Å². The number of hydrogen-bond donors (Lipinski definition) is 2. The van der Waals surface area contributed by atoms with Gasteiger partial charge in [-0.15, -0.1) is 10.2 Å². The van der Waals surface area contributed by atoms with E-state index in [9.17, 15) is 9.59 Å². The Bertz CT molecular complexity index is 1090. The molecule has 180 valence electrons. The molecule has 34 heavy (non-hydrogen) atoms. The fraction of sp³-hybridized carbons (Fsp3) is 0.385. The highest BCUT2D eigenvalue weighted by Gasteiger charge is 2.24. The van der Waals surface area contributed by atoms with Crippen molar-refractivity contribution in [2.75, 3.05) is 5.32 Å². The van der Waals surface area contributed by atoms with Crippen LogP contribution in [0.2, 0.25) is 5.02 Å². The third-order valence-electron chi connectivity index (χ3n) is 5.18. The van der Waals surface area contributed by atoms with Crippen LogP contribution >= 0.6 is 22.9 Å². The SMILES string of the molecule is C[C@H](CC(=O)N[C@H](Cc1ccccc1)C(=O)Nc1nnc(-c2ccc(Cl)cc2)s1)CC(C)(C)C. The molecule has 0 saturated heterocycles. The van der Waals surface area contributed by atoms with Gasteiger partial charge in [0.05, 0.1) is 0 Å². The molecular formula is C26H31ClN4O2S. The minimum Gasteiger partial charge on any atom is -0.344 e. The summed E-state index contributed by atoms with van der Waals surface area (Å²) in [4.78, 5) is 25.9. The maximum atomic E-state index is 13.2. The third-order valence-corrected chi connectivity index (χ3v) is 6.32. The second kappa shape index (κ2) is 11.6. The van der Waals surface area contributed by atoms with Crippen molar-refractivity contribution in [2.24, 2.45) is 11.3 Å². The lowest BCUT2D eigenvalue weighted by Crippen LogP contribution is -2.45. The molecule has 1 heterocycles. The molecule has 0 fully saturated rings. The quantitative estimate of drug-likeness (QED) is 0.379. The highest BCUT2D eigenvalue weighted by Crippen LogP contribution is 2.28. The van der Waals surface area contributed by atoms with Gasteiger partial charge in [-0.25, -0.2) is 0 Å². The van der Waals surface area contributed by atoms with E-state index >= 15 is 0 Å². The van der Waals surface area contributed by atoms with E-state index in [2.05, 4.69) is 48.5 Å². The first-order valence-corrected chi connectivity index (χ1v) is 12.5. The molecule has 2 aromatic carbocycles. The number of benzene rings is 2. The summed E-state index contributed by atoms with van der Waals surface area (Å²) in [6, 6.07) is 16.2. The van der Waals surface area contributed by atoms with Crippen LogP contribution in [0.4, 0.5) is 5.13 Å². The summed E-state index contributed by atoms with van der Waals surface area (Å²) >= 11 is 7.22. The summed E-state index contributed by atoms with van der Waals surface area (Å²) in [7, 11) is 0. The van der Waals surface area contributed by atoms with Crippen molar-refractivity contribution in [3.63, 3.8) is 0 Å². The van der Waals surface area contributed by atoms with Gasteiger partial charge in [-0.2, -0.15) is 0 Å². The van der Waals surface area contributed by atoms with Crippen molar-refractivity contribution in [2.45, 2.75) is 53.0 Å². The highest BCUT2D eigenvalue weighted by atomic mass is 35.5. The number of halogens is 1. The van der Waals surface area contributed by atoms with Crippen LogP contribution < -0.4 is 10.6 Å². The highest BCUT2D eigenvalue weighted by molar-refractivity contribution is 7.18. The van der Waals surface area contributed by atoms with Gasteiger partial charge in [0, 0.05) is 23.4 Å². The molecule has 0 unspecified atom stereocenters.